The predicted octanol–water partition coefficient (Wildman–Crippen LogP) is 2.80. The summed E-state index contributed by atoms with van der Waals surface area (Å²) in [6, 6.07) is 18.9. The zero-order valence-electron chi connectivity index (χ0n) is 14.1. The number of urea groups is 1. The SMILES string of the molecule is O=C(NC[C@@H]1CCO[C@H]1c1ccccc1)N[C@H](CO)c1ccccc1. The van der Waals surface area contributed by atoms with Gasteiger partial charge in [-0.3, -0.25) is 0 Å². The van der Waals surface area contributed by atoms with E-state index in [4.69, 9.17) is 4.74 Å². The third-order valence-corrected chi connectivity index (χ3v) is 4.56. The van der Waals surface area contributed by atoms with Crippen molar-refractivity contribution in [1.82, 2.24) is 10.6 Å². The normalized spacial score (nSPS) is 20.8. The van der Waals surface area contributed by atoms with Gasteiger partial charge in [0, 0.05) is 19.1 Å². The lowest BCUT2D eigenvalue weighted by molar-refractivity contribution is 0.0909. The molecule has 25 heavy (non-hydrogen) atoms. The molecule has 2 amide bonds. The van der Waals surface area contributed by atoms with Crippen molar-refractivity contribution < 1.29 is 14.6 Å². The number of hydrogen-bond acceptors (Lipinski definition) is 3. The molecule has 2 aromatic rings. The number of rotatable bonds is 6. The van der Waals surface area contributed by atoms with E-state index in [0.717, 1.165) is 17.5 Å². The molecule has 3 atom stereocenters. The lowest BCUT2D eigenvalue weighted by atomic mass is 9.95. The topological polar surface area (TPSA) is 70.6 Å². The maximum atomic E-state index is 12.2. The second-order valence-electron chi connectivity index (χ2n) is 6.25. The number of carbonyl (C=O) groups is 1. The quantitative estimate of drug-likeness (QED) is 0.757. The van der Waals surface area contributed by atoms with E-state index in [1.54, 1.807) is 0 Å². The van der Waals surface area contributed by atoms with Crippen molar-refractivity contribution >= 4 is 6.03 Å². The summed E-state index contributed by atoms with van der Waals surface area (Å²) in [5, 5.41) is 15.3. The summed E-state index contributed by atoms with van der Waals surface area (Å²) >= 11 is 0. The highest BCUT2D eigenvalue weighted by atomic mass is 16.5. The van der Waals surface area contributed by atoms with Gasteiger partial charge >= 0.3 is 6.03 Å². The van der Waals surface area contributed by atoms with Gasteiger partial charge in [-0.05, 0) is 17.5 Å². The highest BCUT2D eigenvalue weighted by Crippen LogP contribution is 2.33. The second-order valence-corrected chi connectivity index (χ2v) is 6.25. The molecule has 5 nitrogen and oxygen atoms in total. The van der Waals surface area contributed by atoms with Gasteiger partial charge in [0.05, 0.1) is 18.8 Å². The number of carbonyl (C=O) groups excluding carboxylic acids is 1. The Labute approximate surface area is 148 Å². The first-order chi connectivity index (χ1) is 12.3. The van der Waals surface area contributed by atoms with E-state index in [-0.39, 0.29) is 24.7 Å². The van der Waals surface area contributed by atoms with Gasteiger partial charge in [-0.1, -0.05) is 60.7 Å². The molecule has 1 fully saturated rings. The molecule has 3 rings (SSSR count). The fraction of sp³-hybridized carbons (Fsp3) is 0.350. The monoisotopic (exact) mass is 340 g/mol. The van der Waals surface area contributed by atoms with Gasteiger partial charge in [-0.25, -0.2) is 4.79 Å². The lowest BCUT2D eigenvalue weighted by Gasteiger charge is -2.21. The number of aliphatic hydroxyl groups excluding tert-OH is 1. The second kappa shape index (κ2) is 8.65. The molecule has 5 heteroatoms. The minimum atomic E-state index is -0.411. The molecule has 1 aliphatic rings. The van der Waals surface area contributed by atoms with Crippen LogP contribution >= 0.6 is 0 Å². The van der Waals surface area contributed by atoms with Gasteiger partial charge in [-0.2, -0.15) is 0 Å². The van der Waals surface area contributed by atoms with Gasteiger partial charge in [0.2, 0.25) is 0 Å². The fourth-order valence-corrected chi connectivity index (χ4v) is 3.21. The predicted molar refractivity (Wildman–Crippen MR) is 96.0 cm³/mol. The van der Waals surface area contributed by atoms with Crippen molar-refractivity contribution in [2.75, 3.05) is 19.8 Å². The minimum absolute atomic E-state index is 0.0178. The van der Waals surface area contributed by atoms with Crippen LogP contribution in [0.4, 0.5) is 4.79 Å². The molecule has 0 aliphatic carbocycles. The molecule has 1 heterocycles. The molecule has 0 radical (unpaired) electrons. The maximum absolute atomic E-state index is 12.2. The minimum Gasteiger partial charge on any atom is -0.394 e. The standard InChI is InChI=1S/C20H24N2O3/c23-14-18(15-7-3-1-4-8-15)22-20(24)21-13-17-11-12-25-19(17)16-9-5-2-6-10-16/h1-10,17-19,23H,11-14H2,(H2,21,22,24)/t17-,18+,19-/m0/s1. The molecule has 0 aromatic heterocycles. The number of amides is 2. The molecule has 0 saturated carbocycles. The first-order valence-corrected chi connectivity index (χ1v) is 8.64. The summed E-state index contributed by atoms with van der Waals surface area (Å²) in [7, 11) is 0. The largest absolute Gasteiger partial charge is 0.394 e. The Balaban J connectivity index is 1.53. The number of nitrogens with one attached hydrogen (secondary N) is 2. The average Bonchev–Trinajstić information content (AvgIpc) is 3.14. The highest BCUT2D eigenvalue weighted by molar-refractivity contribution is 5.74. The van der Waals surface area contributed by atoms with Gasteiger partial charge in [0.1, 0.15) is 0 Å². The number of ether oxygens (including phenoxy) is 1. The van der Waals surface area contributed by atoms with E-state index in [1.807, 2.05) is 48.5 Å². The zero-order valence-corrected chi connectivity index (χ0v) is 14.1. The molecule has 0 unspecified atom stereocenters. The third-order valence-electron chi connectivity index (χ3n) is 4.56. The van der Waals surface area contributed by atoms with Gasteiger partial charge in [0.15, 0.2) is 0 Å². The molecule has 2 aromatic carbocycles. The summed E-state index contributed by atoms with van der Waals surface area (Å²) in [6.45, 7) is 1.10. The molecule has 0 spiro atoms. The number of aliphatic hydroxyl groups is 1. The van der Waals surface area contributed by atoms with Crippen molar-refractivity contribution in [2.45, 2.75) is 18.6 Å². The van der Waals surface area contributed by atoms with E-state index < -0.39 is 6.04 Å². The smallest absolute Gasteiger partial charge is 0.315 e. The Morgan fingerprint density at radius 3 is 2.48 bits per heavy atom. The number of benzene rings is 2. The van der Waals surface area contributed by atoms with Gasteiger partial charge in [0.25, 0.3) is 0 Å². The van der Waals surface area contributed by atoms with Crippen LogP contribution in [-0.2, 0) is 4.74 Å². The summed E-state index contributed by atoms with van der Waals surface area (Å²) in [4.78, 5) is 12.2. The van der Waals surface area contributed by atoms with Gasteiger partial charge < -0.3 is 20.5 Å². The van der Waals surface area contributed by atoms with Crippen molar-refractivity contribution in [3.05, 3.63) is 71.8 Å². The molecule has 1 saturated heterocycles. The average molecular weight is 340 g/mol. The van der Waals surface area contributed by atoms with Crippen LogP contribution in [-0.4, -0.2) is 30.9 Å². The van der Waals surface area contributed by atoms with Crippen molar-refractivity contribution in [3.63, 3.8) is 0 Å². The Bertz CT molecular complexity index is 663. The fourth-order valence-electron chi connectivity index (χ4n) is 3.21. The number of hydrogen-bond donors (Lipinski definition) is 3. The van der Waals surface area contributed by atoms with E-state index in [0.29, 0.717) is 13.2 Å². The van der Waals surface area contributed by atoms with Crippen molar-refractivity contribution in [1.29, 1.82) is 0 Å². The van der Waals surface area contributed by atoms with Crippen LogP contribution in [0, 0.1) is 5.92 Å². The third kappa shape index (κ3) is 4.59. The van der Waals surface area contributed by atoms with E-state index in [9.17, 15) is 9.90 Å². The molecule has 3 N–H and O–H groups in total. The van der Waals surface area contributed by atoms with E-state index in [2.05, 4.69) is 22.8 Å². The van der Waals surface area contributed by atoms with Crippen LogP contribution in [0.2, 0.25) is 0 Å². The van der Waals surface area contributed by atoms with Crippen LogP contribution in [0.3, 0.4) is 0 Å². The van der Waals surface area contributed by atoms with Gasteiger partial charge in [-0.15, -0.1) is 0 Å². The Kier molecular flexibility index (Phi) is 6.04. The molecule has 132 valence electrons. The maximum Gasteiger partial charge on any atom is 0.315 e. The molecule has 0 bridgehead atoms. The zero-order chi connectivity index (χ0) is 17.5. The summed E-state index contributed by atoms with van der Waals surface area (Å²) in [6.07, 6.45) is 0.936. The van der Waals surface area contributed by atoms with E-state index >= 15 is 0 Å². The Morgan fingerprint density at radius 2 is 1.80 bits per heavy atom. The first kappa shape index (κ1) is 17.5. The Morgan fingerprint density at radius 1 is 1.12 bits per heavy atom. The Hall–Kier alpha value is -2.37. The summed E-state index contributed by atoms with van der Waals surface area (Å²) in [5.74, 6) is 0.248. The summed E-state index contributed by atoms with van der Waals surface area (Å²) < 4.78 is 5.84. The van der Waals surface area contributed by atoms with Crippen LogP contribution in [0.5, 0.6) is 0 Å². The summed E-state index contributed by atoms with van der Waals surface area (Å²) in [5.41, 5.74) is 2.02. The molecular formula is C20H24N2O3. The van der Waals surface area contributed by atoms with E-state index in [1.165, 1.54) is 0 Å². The van der Waals surface area contributed by atoms with Crippen LogP contribution < -0.4 is 10.6 Å². The highest BCUT2D eigenvalue weighted by Gasteiger charge is 2.29. The van der Waals surface area contributed by atoms with Crippen LogP contribution in [0.25, 0.3) is 0 Å². The molecular weight excluding hydrogens is 316 g/mol. The van der Waals surface area contributed by atoms with Crippen LogP contribution in [0.15, 0.2) is 60.7 Å². The van der Waals surface area contributed by atoms with Crippen LogP contribution in [0.1, 0.15) is 29.7 Å². The first-order valence-electron chi connectivity index (χ1n) is 8.64. The lowest BCUT2D eigenvalue weighted by Crippen LogP contribution is -2.41. The molecule has 1 aliphatic heterocycles. The van der Waals surface area contributed by atoms with Crippen molar-refractivity contribution in [2.24, 2.45) is 5.92 Å². The van der Waals surface area contributed by atoms with Crippen molar-refractivity contribution in [3.8, 4) is 0 Å².